The smallest absolute Gasteiger partial charge is 0.140 e. The van der Waals surface area contributed by atoms with Gasteiger partial charge in [-0.1, -0.05) is 24.3 Å². The lowest BCUT2D eigenvalue weighted by atomic mass is 10.1. The highest BCUT2D eigenvalue weighted by atomic mass is 79.9. The maximum absolute atomic E-state index is 5.98. The number of thiazole rings is 1. The highest BCUT2D eigenvalue weighted by Gasteiger charge is 2.10. The molecule has 1 aromatic heterocycles. The average Bonchev–Trinajstić information content (AvgIpc) is 2.90. The van der Waals surface area contributed by atoms with Crippen molar-refractivity contribution in [3.05, 3.63) is 57.5 Å². The van der Waals surface area contributed by atoms with Gasteiger partial charge in [-0.05, 0) is 52.7 Å². The summed E-state index contributed by atoms with van der Waals surface area (Å²) in [5, 5.41) is 0.977. The van der Waals surface area contributed by atoms with Gasteiger partial charge < -0.3 is 10.5 Å². The predicted molar refractivity (Wildman–Crippen MR) is 90.9 cm³/mol. The summed E-state index contributed by atoms with van der Waals surface area (Å²) in [4.78, 5) is 4.59. The first kappa shape index (κ1) is 14.5. The fraction of sp³-hybridized carbons (Fsp3) is 0.188. The van der Waals surface area contributed by atoms with Gasteiger partial charge in [-0.25, -0.2) is 4.98 Å². The zero-order chi connectivity index (χ0) is 14.7. The molecule has 0 aliphatic rings. The van der Waals surface area contributed by atoms with Gasteiger partial charge in [0, 0.05) is 0 Å². The van der Waals surface area contributed by atoms with Gasteiger partial charge in [0.1, 0.15) is 17.4 Å². The number of halogens is 1. The zero-order valence-corrected chi connectivity index (χ0v) is 13.8. The lowest BCUT2D eigenvalue weighted by Gasteiger charge is -2.11. The van der Waals surface area contributed by atoms with Gasteiger partial charge in [0.2, 0.25) is 0 Å². The first-order valence-electron chi connectivity index (χ1n) is 6.72. The quantitative estimate of drug-likeness (QED) is 0.741. The molecule has 0 aliphatic heterocycles. The Labute approximate surface area is 135 Å². The second-order valence-electron chi connectivity index (χ2n) is 4.63. The van der Waals surface area contributed by atoms with Crippen molar-refractivity contribution in [2.24, 2.45) is 5.73 Å². The molecule has 0 amide bonds. The Hall–Kier alpha value is -1.43. The largest absolute Gasteiger partial charge is 0.485 e. The lowest BCUT2D eigenvalue weighted by Crippen LogP contribution is -2.05. The monoisotopic (exact) mass is 362 g/mol. The molecule has 2 N–H and O–H groups in total. The minimum Gasteiger partial charge on any atom is -0.485 e. The Kier molecular flexibility index (Phi) is 4.53. The van der Waals surface area contributed by atoms with Crippen LogP contribution >= 0.6 is 27.3 Å². The topological polar surface area (TPSA) is 48.1 Å². The summed E-state index contributed by atoms with van der Waals surface area (Å²) < 4.78 is 8.12. The summed E-state index contributed by atoms with van der Waals surface area (Å²) in [6, 6.07) is 14.2. The number of hydrogen-bond donors (Lipinski definition) is 1. The molecule has 0 saturated heterocycles. The molecule has 3 nitrogen and oxygen atoms in total. The van der Waals surface area contributed by atoms with Crippen molar-refractivity contribution in [3.8, 4) is 5.75 Å². The Balaban J connectivity index is 1.81. The SMILES string of the molecule is NCCc1cccc(Br)c1OCc1nc2ccccc2s1. The highest BCUT2D eigenvalue weighted by molar-refractivity contribution is 9.10. The van der Waals surface area contributed by atoms with Crippen molar-refractivity contribution < 1.29 is 4.74 Å². The summed E-state index contributed by atoms with van der Waals surface area (Å²) >= 11 is 5.21. The molecule has 0 spiro atoms. The minimum absolute atomic E-state index is 0.472. The van der Waals surface area contributed by atoms with Crippen LogP contribution in [0, 0.1) is 0 Å². The van der Waals surface area contributed by atoms with Crippen LogP contribution < -0.4 is 10.5 Å². The second-order valence-corrected chi connectivity index (χ2v) is 6.60. The summed E-state index contributed by atoms with van der Waals surface area (Å²) in [7, 11) is 0. The van der Waals surface area contributed by atoms with E-state index >= 15 is 0 Å². The summed E-state index contributed by atoms with van der Waals surface area (Å²) in [6.07, 6.45) is 0.800. The van der Waals surface area contributed by atoms with Crippen LogP contribution in [0.5, 0.6) is 5.75 Å². The molecule has 0 radical (unpaired) electrons. The second kappa shape index (κ2) is 6.56. The molecule has 5 heteroatoms. The van der Waals surface area contributed by atoms with Crippen molar-refractivity contribution >= 4 is 37.5 Å². The molecular weight excluding hydrogens is 348 g/mol. The normalized spacial score (nSPS) is 11.0. The summed E-state index contributed by atoms with van der Waals surface area (Å²) in [5.41, 5.74) is 7.80. The number of fused-ring (bicyclic) bond motifs is 1. The maximum atomic E-state index is 5.98. The van der Waals surface area contributed by atoms with Crippen LogP contribution in [0.25, 0.3) is 10.2 Å². The molecule has 1 heterocycles. The lowest BCUT2D eigenvalue weighted by molar-refractivity contribution is 0.300. The van der Waals surface area contributed by atoms with Crippen molar-refractivity contribution in [3.63, 3.8) is 0 Å². The number of aromatic nitrogens is 1. The molecule has 0 aliphatic carbocycles. The van der Waals surface area contributed by atoms with E-state index in [0.29, 0.717) is 13.2 Å². The molecule has 0 saturated carbocycles. The van der Waals surface area contributed by atoms with Gasteiger partial charge in [0.05, 0.1) is 14.7 Å². The first-order chi connectivity index (χ1) is 10.3. The molecule has 0 bridgehead atoms. The van der Waals surface area contributed by atoms with Crippen LogP contribution in [0.3, 0.4) is 0 Å². The van der Waals surface area contributed by atoms with E-state index in [1.54, 1.807) is 11.3 Å². The molecule has 3 aromatic rings. The van der Waals surface area contributed by atoms with Crippen LogP contribution in [0.15, 0.2) is 46.9 Å². The fourth-order valence-corrected chi connectivity index (χ4v) is 3.59. The molecule has 0 fully saturated rings. The van der Waals surface area contributed by atoms with Crippen molar-refractivity contribution in [1.29, 1.82) is 0 Å². The third kappa shape index (κ3) is 3.26. The molecule has 21 heavy (non-hydrogen) atoms. The third-order valence-electron chi connectivity index (χ3n) is 3.14. The van der Waals surface area contributed by atoms with E-state index in [-0.39, 0.29) is 0 Å². The number of ether oxygens (including phenoxy) is 1. The number of rotatable bonds is 5. The molecule has 2 aromatic carbocycles. The third-order valence-corrected chi connectivity index (χ3v) is 4.77. The van der Waals surface area contributed by atoms with Crippen LogP contribution in [-0.2, 0) is 13.0 Å². The van der Waals surface area contributed by atoms with Gasteiger partial charge in [-0.2, -0.15) is 0 Å². The molecule has 3 rings (SSSR count). The zero-order valence-electron chi connectivity index (χ0n) is 11.4. The van der Waals surface area contributed by atoms with Gasteiger partial charge in [-0.3, -0.25) is 0 Å². The number of para-hydroxylation sites is 2. The van der Waals surface area contributed by atoms with E-state index < -0.39 is 0 Å². The standard InChI is InChI=1S/C16H15BrN2OS/c17-12-5-3-4-11(8-9-18)16(12)20-10-15-19-13-6-1-2-7-14(13)21-15/h1-7H,8-10,18H2. The predicted octanol–water partition coefficient (Wildman–Crippen LogP) is 4.14. The van der Waals surface area contributed by atoms with E-state index in [1.165, 1.54) is 4.70 Å². The molecule has 108 valence electrons. The number of benzene rings is 2. The van der Waals surface area contributed by atoms with E-state index in [9.17, 15) is 0 Å². The molecule has 0 atom stereocenters. The molecule has 0 unspecified atom stereocenters. The van der Waals surface area contributed by atoms with E-state index in [4.69, 9.17) is 10.5 Å². The summed E-state index contributed by atoms with van der Waals surface area (Å²) in [6.45, 7) is 1.08. The van der Waals surface area contributed by atoms with Crippen LogP contribution in [0.2, 0.25) is 0 Å². The summed E-state index contributed by atoms with van der Waals surface area (Å²) in [5.74, 6) is 0.863. The Bertz CT molecular complexity index is 724. The van der Waals surface area contributed by atoms with E-state index in [1.807, 2.05) is 36.4 Å². The van der Waals surface area contributed by atoms with Gasteiger partial charge >= 0.3 is 0 Å². The van der Waals surface area contributed by atoms with Gasteiger partial charge in [0.25, 0.3) is 0 Å². The first-order valence-corrected chi connectivity index (χ1v) is 8.33. The van der Waals surface area contributed by atoms with Crippen molar-refractivity contribution in [2.75, 3.05) is 6.54 Å². The number of nitrogens with zero attached hydrogens (tertiary/aromatic N) is 1. The van der Waals surface area contributed by atoms with Crippen LogP contribution in [0.1, 0.15) is 10.6 Å². The highest BCUT2D eigenvalue weighted by Crippen LogP contribution is 2.31. The minimum atomic E-state index is 0.472. The fourth-order valence-electron chi connectivity index (χ4n) is 2.18. The van der Waals surface area contributed by atoms with Crippen molar-refractivity contribution in [1.82, 2.24) is 4.98 Å². The average molecular weight is 363 g/mol. The Morgan fingerprint density at radius 3 is 2.81 bits per heavy atom. The van der Waals surface area contributed by atoms with Crippen molar-refractivity contribution in [2.45, 2.75) is 13.0 Å². The Morgan fingerprint density at radius 2 is 2.00 bits per heavy atom. The van der Waals surface area contributed by atoms with Crippen LogP contribution in [-0.4, -0.2) is 11.5 Å². The van der Waals surface area contributed by atoms with E-state index in [0.717, 1.165) is 32.7 Å². The number of nitrogens with two attached hydrogens (primary N) is 1. The number of hydrogen-bond acceptors (Lipinski definition) is 4. The molecular formula is C16H15BrN2OS. The van der Waals surface area contributed by atoms with E-state index in [2.05, 4.69) is 27.0 Å². The maximum Gasteiger partial charge on any atom is 0.140 e. The van der Waals surface area contributed by atoms with Gasteiger partial charge in [-0.15, -0.1) is 11.3 Å². The van der Waals surface area contributed by atoms with Gasteiger partial charge in [0.15, 0.2) is 0 Å². The Morgan fingerprint density at radius 1 is 1.14 bits per heavy atom. The van der Waals surface area contributed by atoms with Crippen LogP contribution in [0.4, 0.5) is 0 Å².